The van der Waals surface area contributed by atoms with E-state index in [2.05, 4.69) is 21.5 Å². The minimum absolute atomic E-state index is 0.451. The van der Waals surface area contributed by atoms with Gasteiger partial charge in [-0.25, -0.2) is 9.98 Å². The quantitative estimate of drug-likeness (QED) is 0.383. The zero-order valence-electron chi connectivity index (χ0n) is 13.6. The molecule has 1 fully saturated rings. The first-order valence-corrected chi connectivity index (χ1v) is 8.22. The van der Waals surface area contributed by atoms with Crippen molar-refractivity contribution in [1.29, 1.82) is 0 Å². The van der Waals surface area contributed by atoms with E-state index < -0.39 is 0 Å². The standard InChI is InChI=1S/C16H23N5OS/c1-11-4-5-14(18)10-15(11)23-16(19-12(2)17)20-13(3)21-6-8-22-9-7-21/h4-5,10H,3,6-9,18H2,1-2H3,(H2,17,19,20). The Hall–Kier alpha value is -1.99. The van der Waals surface area contributed by atoms with Crippen LogP contribution in [0, 0.1) is 6.92 Å². The predicted octanol–water partition coefficient (Wildman–Crippen LogP) is 2.21. The van der Waals surface area contributed by atoms with E-state index >= 15 is 0 Å². The molecule has 0 aliphatic carbocycles. The van der Waals surface area contributed by atoms with Crippen molar-refractivity contribution in [2.45, 2.75) is 18.7 Å². The minimum atomic E-state index is 0.451. The molecule has 6 nitrogen and oxygen atoms in total. The second kappa shape index (κ2) is 8.03. The van der Waals surface area contributed by atoms with Gasteiger partial charge in [-0.2, -0.15) is 0 Å². The number of ether oxygens (including phenoxy) is 1. The number of aliphatic imine (C=N–C) groups is 2. The first kappa shape index (κ1) is 17.4. The summed E-state index contributed by atoms with van der Waals surface area (Å²) >= 11 is 1.43. The number of nitrogens with zero attached hydrogens (tertiary/aromatic N) is 3. The van der Waals surface area contributed by atoms with Crippen LogP contribution in [-0.4, -0.2) is 42.2 Å². The van der Waals surface area contributed by atoms with Crippen LogP contribution >= 0.6 is 11.8 Å². The van der Waals surface area contributed by atoms with Gasteiger partial charge in [-0.1, -0.05) is 12.6 Å². The van der Waals surface area contributed by atoms with Gasteiger partial charge in [0.05, 0.1) is 19.0 Å². The smallest absolute Gasteiger partial charge is 0.196 e. The van der Waals surface area contributed by atoms with Gasteiger partial charge >= 0.3 is 0 Å². The van der Waals surface area contributed by atoms with E-state index in [0.717, 1.165) is 23.5 Å². The Kier molecular flexibility index (Phi) is 6.06. The molecule has 4 N–H and O–H groups in total. The zero-order valence-corrected chi connectivity index (χ0v) is 14.4. The summed E-state index contributed by atoms with van der Waals surface area (Å²) in [5, 5.41) is 0.551. The first-order valence-electron chi connectivity index (χ1n) is 7.41. The van der Waals surface area contributed by atoms with Gasteiger partial charge in [-0.3, -0.25) is 0 Å². The van der Waals surface area contributed by atoms with Crippen molar-refractivity contribution >= 4 is 28.5 Å². The van der Waals surface area contributed by atoms with Gasteiger partial charge in [0.2, 0.25) is 0 Å². The number of morpholine rings is 1. The molecule has 1 saturated heterocycles. The predicted molar refractivity (Wildman–Crippen MR) is 97.7 cm³/mol. The van der Waals surface area contributed by atoms with E-state index in [9.17, 15) is 0 Å². The van der Waals surface area contributed by atoms with Crippen LogP contribution in [0.2, 0.25) is 0 Å². The number of benzene rings is 1. The summed E-state index contributed by atoms with van der Waals surface area (Å²) in [7, 11) is 0. The molecular weight excluding hydrogens is 310 g/mol. The molecular formula is C16H23N5OS. The topological polar surface area (TPSA) is 89.2 Å². The molecule has 1 aliphatic rings. The number of aryl methyl sites for hydroxylation is 1. The monoisotopic (exact) mass is 333 g/mol. The van der Waals surface area contributed by atoms with Crippen LogP contribution in [0.3, 0.4) is 0 Å². The third kappa shape index (κ3) is 5.30. The van der Waals surface area contributed by atoms with Gasteiger partial charge in [0.1, 0.15) is 5.82 Å². The van der Waals surface area contributed by atoms with Gasteiger partial charge in [-0.05, 0) is 43.3 Å². The van der Waals surface area contributed by atoms with Gasteiger partial charge in [0.15, 0.2) is 5.17 Å². The summed E-state index contributed by atoms with van der Waals surface area (Å²) in [4.78, 5) is 12.0. The number of amidine groups is 2. The molecule has 1 aromatic carbocycles. The normalized spacial score (nSPS) is 16.5. The Labute approximate surface area is 141 Å². The van der Waals surface area contributed by atoms with Crippen LogP contribution in [0.5, 0.6) is 0 Å². The number of thioether (sulfide) groups is 1. The number of hydrogen-bond donors (Lipinski definition) is 2. The summed E-state index contributed by atoms with van der Waals surface area (Å²) in [6, 6.07) is 5.76. The van der Waals surface area contributed by atoms with E-state index in [4.69, 9.17) is 16.2 Å². The van der Waals surface area contributed by atoms with E-state index in [0.29, 0.717) is 35.7 Å². The molecule has 1 heterocycles. The Bertz CT molecular complexity index is 631. The van der Waals surface area contributed by atoms with Crippen molar-refractivity contribution < 1.29 is 4.74 Å². The molecule has 1 aliphatic heterocycles. The summed E-state index contributed by atoms with van der Waals surface area (Å²) in [6.07, 6.45) is 0. The van der Waals surface area contributed by atoms with Crippen molar-refractivity contribution in [3.8, 4) is 0 Å². The SMILES string of the molecule is C=C(N=C(N=C(C)N)Sc1cc(N)ccc1C)N1CCOCC1. The van der Waals surface area contributed by atoms with Crippen molar-refractivity contribution in [3.05, 3.63) is 36.2 Å². The van der Waals surface area contributed by atoms with Crippen molar-refractivity contribution in [2.24, 2.45) is 15.7 Å². The number of hydrogen-bond acceptors (Lipinski definition) is 5. The summed E-state index contributed by atoms with van der Waals surface area (Å²) in [5.74, 6) is 1.12. The van der Waals surface area contributed by atoms with Crippen molar-refractivity contribution in [1.82, 2.24) is 4.90 Å². The van der Waals surface area contributed by atoms with Crippen LogP contribution in [0.15, 0.2) is 45.5 Å². The Morgan fingerprint density at radius 2 is 2.00 bits per heavy atom. The lowest BCUT2D eigenvalue weighted by atomic mass is 10.2. The van der Waals surface area contributed by atoms with Crippen molar-refractivity contribution in [2.75, 3.05) is 32.0 Å². The molecule has 124 valence electrons. The molecule has 23 heavy (non-hydrogen) atoms. The lowest BCUT2D eigenvalue weighted by molar-refractivity contribution is 0.0534. The molecule has 0 aromatic heterocycles. The molecule has 0 atom stereocenters. The van der Waals surface area contributed by atoms with Gasteiger partial charge in [-0.15, -0.1) is 0 Å². The third-order valence-corrected chi connectivity index (χ3v) is 4.31. The summed E-state index contributed by atoms with van der Waals surface area (Å²) in [5.41, 5.74) is 13.4. The second-order valence-electron chi connectivity index (χ2n) is 5.29. The lowest BCUT2D eigenvalue weighted by Gasteiger charge is -2.28. The maximum absolute atomic E-state index is 5.87. The first-order chi connectivity index (χ1) is 11.0. The molecule has 0 radical (unpaired) electrons. The number of rotatable bonds is 3. The van der Waals surface area contributed by atoms with Crippen LogP contribution < -0.4 is 11.5 Å². The second-order valence-corrected chi connectivity index (χ2v) is 6.30. The van der Waals surface area contributed by atoms with Crippen molar-refractivity contribution in [3.63, 3.8) is 0 Å². The van der Waals surface area contributed by atoms with Crippen LogP contribution in [-0.2, 0) is 4.74 Å². The minimum Gasteiger partial charge on any atom is -0.399 e. The highest BCUT2D eigenvalue weighted by Gasteiger charge is 2.13. The van der Waals surface area contributed by atoms with Crippen LogP contribution in [0.25, 0.3) is 0 Å². The molecule has 0 amide bonds. The zero-order chi connectivity index (χ0) is 16.8. The van der Waals surface area contributed by atoms with E-state index in [-0.39, 0.29) is 0 Å². The third-order valence-electron chi connectivity index (χ3n) is 3.29. The molecule has 2 rings (SSSR count). The maximum Gasteiger partial charge on any atom is 0.196 e. The molecule has 0 bridgehead atoms. The fraction of sp³-hybridized carbons (Fsp3) is 0.375. The van der Waals surface area contributed by atoms with E-state index in [1.54, 1.807) is 6.92 Å². The van der Waals surface area contributed by atoms with Gasteiger partial charge in [0.25, 0.3) is 0 Å². The molecule has 7 heteroatoms. The highest BCUT2D eigenvalue weighted by molar-refractivity contribution is 8.14. The highest BCUT2D eigenvalue weighted by Crippen LogP contribution is 2.27. The Balaban J connectivity index is 2.22. The molecule has 0 unspecified atom stereocenters. The number of nitrogens with two attached hydrogens (primary N) is 2. The van der Waals surface area contributed by atoms with Crippen LogP contribution in [0.1, 0.15) is 12.5 Å². The highest BCUT2D eigenvalue weighted by atomic mass is 32.2. The number of anilines is 1. The molecule has 0 spiro atoms. The summed E-state index contributed by atoms with van der Waals surface area (Å²) in [6.45, 7) is 10.7. The van der Waals surface area contributed by atoms with E-state index in [1.807, 2.05) is 25.1 Å². The molecule has 0 saturated carbocycles. The van der Waals surface area contributed by atoms with E-state index in [1.165, 1.54) is 11.8 Å². The van der Waals surface area contributed by atoms with Crippen LogP contribution in [0.4, 0.5) is 5.69 Å². The fourth-order valence-electron chi connectivity index (χ4n) is 2.05. The van der Waals surface area contributed by atoms with Gasteiger partial charge in [0, 0.05) is 23.7 Å². The largest absolute Gasteiger partial charge is 0.399 e. The maximum atomic E-state index is 5.87. The average Bonchev–Trinajstić information content (AvgIpc) is 2.51. The molecule has 1 aromatic rings. The summed E-state index contributed by atoms with van der Waals surface area (Å²) < 4.78 is 5.35. The lowest BCUT2D eigenvalue weighted by Crippen LogP contribution is -2.34. The van der Waals surface area contributed by atoms with Gasteiger partial charge < -0.3 is 21.1 Å². The fourth-order valence-corrected chi connectivity index (χ4v) is 3.01. The number of nitrogen functional groups attached to an aromatic ring is 1. The Morgan fingerprint density at radius 3 is 2.65 bits per heavy atom. The average molecular weight is 333 g/mol. The Morgan fingerprint density at radius 1 is 1.30 bits per heavy atom.